The van der Waals surface area contributed by atoms with Gasteiger partial charge in [-0.3, -0.25) is 0 Å². The van der Waals surface area contributed by atoms with Gasteiger partial charge in [0.1, 0.15) is 0 Å². The van der Waals surface area contributed by atoms with Gasteiger partial charge in [-0.1, -0.05) is 36.4 Å². The number of rotatable bonds is 1. The summed E-state index contributed by atoms with van der Waals surface area (Å²) in [7, 11) is 2.24. The van der Waals surface area contributed by atoms with Crippen molar-refractivity contribution in [3.05, 3.63) is 60.2 Å². The van der Waals surface area contributed by atoms with Gasteiger partial charge in [-0.05, 0) is 56.7 Å². The maximum atomic E-state index is 2.51. The lowest BCUT2D eigenvalue weighted by atomic mass is 9.74. The lowest BCUT2D eigenvalue weighted by molar-refractivity contribution is 0.198. The Labute approximate surface area is 127 Å². The molecule has 2 heteroatoms. The van der Waals surface area contributed by atoms with E-state index in [0.717, 1.165) is 6.54 Å². The van der Waals surface area contributed by atoms with Gasteiger partial charge in [0.25, 0.3) is 0 Å². The van der Waals surface area contributed by atoms with E-state index in [1.54, 1.807) is 5.56 Å². The van der Waals surface area contributed by atoms with Crippen molar-refractivity contribution in [1.82, 2.24) is 4.90 Å². The highest BCUT2D eigenvalue weighted by molar-refractivity contribution is 5.72. The number of piperidine rings is 1. The molecular formula is C19H22N2. The second kappa shape index (κ2) is 4.88. The van der Waals surface area contributed by atoms with Crippen LogP contribution in [0.4, 0.5) is 11.4 Å². The van der Waals surface area contributed by atoms with Crippen LogP contribution < -0.4 is 4.90 Å². The lowest BCUT2D eigenvalue weighted by Crippen LogP contribution is -2.43. The minimum Gasteiger partial charge on any atom is -0.340 e. The van der Waals surface area contributed by atoms with Gasteiger partial charge < -0.3 is 9.80 Å². The van der Waals surface area contributed by atoms with Gasteiger partial charge in [0.05, 0.1) is 0 Å². The highest BCUT2D eigenvalue weighted by Gasteiger charge is 2.44. The normalized spacial score (nSPS) is 20.7. The van der Waals surface area contributed by atoms with Crippen LogP contribution in [0, 0.1) is 0 Å². The van der Waals surface area contributed by atoms with E-state index in [4.69, 9.17) is 0 Å². The molecule has 0 unspecified atom stereocenters. The van der Waals surface area contributed by atoms with Crippen molar-refractivity contribution in [2.75, 3.05) is 31.6 Å². The van der Waals surface area contributed by atoms with E-state index in [0.29, 0.717) is 5.41 Å². The molecule has 0 saturated carbocycles. The fourth-order valence-electron chi connectivity index (χ4n) is 3.94. The van der Waals surface area contributed by atoms with Crippen molar-refractivity contribution in [1.29, 1.82) is 0 Å². The molecule has 21 heavy (non-hydrogen) atoms. The number of benzene rings is 2. The third-order valence-electron chi connectivity index (χ3n) is 5.24. The van der Waals surface area contributed by atoms with Crippen LogP contribution in [0.5, 0.6) is 0 Å². The van der Waals surface area contributed by atoms with Crippen LogP contribution in [0.1, 0.15) is 18.4 Å². The first-order valence-electron chi connectivity index (χ1n) is 7.89. The molecular weight excluding hydrogens is 256 g/mol. The van der Waals surface area contributed by atoms with Crippen LogP contribution >= 0.6 is 0 Å². The number of likely N-dealkylation sites (tertiary alicyclic amines) is 1. The number of nitrogens with zero attached hydrogens (tertiary/aromatic N) is 2. The Hall–Kier alpha value is -1.80. The number of fused-ring (bicyclic) bond motifs is 2. The van der Waals surface area contributed by atoms with Gasteiger partial charge in [-0.15, -0.1) is 0 Å². The Morgan fingerprint density at radius 3 is 2.29 bits per heavy atom. The maximum absolute atomic E-state index is 2.51. The summed E-state index contributed by atoms with van der Waals surface area (Å²) in [4.78, 5) is 4.97. The molecule has 2 aliphatic rings. The maximum Gasteiger partial charge on any atom is 0.0449 e. The Bertz CT molecular complexity index is 627. The predicted molar refractivity (Wildman–Crippen MR) is 88.3 cm³/mol. The Kier molecular flexibility index (Phi) is 3.00. The molecule has 0 bridgehead atoms. The molecule has 1 fully saturated rings. The molecule has 2 aliphatic heterocycles. The van der Waals surface area contributed by atoms with Crippen LogP contribution in [-0.4, -0.2) is 31.6 Å². The van der Waals surface area contributed by atoms with Gasteiger partial charge in [0.15, 0.2) is 0 Å². The zero-order valence-electron chi connectivity index (χ0n) is 12.6. The van der Waals surface area contributed by atoms with Gasteiger partial charge in [-0.2, -0.15) is 0 Å². The summed E-state index contributed by atoms with van der Waals surface area (Å²) in [5.74, 6) is 0. The summed E-state index contributed by atoms with van der Waals surface area (Å²) in [6, 6.07) is 19.8. The van der Waals surface area contributed by atoms with Crippen LogP contribution in [0.15, 0.2) is 54.6 Å². The van der Waals surface area contributed by atoms with E-state index in [-0.39, 0.29) is 0 Å². The van der Waals surface area contributed by atoms with Crippen molar-refractivity contribution in [3.8, 4) is 0 Å². The van der Waals surface area contributed by atoms with Gasteiger partial charge in [-0.25, -0.2) is 0 Å². The number of hydrogen-bond acceptors (Lipinski definition) is 2. The Balaban J connectivity index is 1.77. The minimum atomic E-state index is 0.346. The molecule has 4 rings (SSSR count). The molecule has 108 valence electrons. The van der Waals surface area contributed by atoms with Gasteiger partial charge in [0.2, 0.25) is 0 Å². The first-order valence-corrected chi connectivity index (χ1v) is 7.89. The topological polar surface area (TPSA) is 6.48 Å². The van der Waals surface area contributed by atoms with Crippen molar-refractivity contribution < 1.29 is 0 Å². The third-order valence-corrected chi connectivity index (χ3v) is 5.24. The van der Waals surface area contributed by atoms with Crippen LogP contribution in [0.3, 0.4) is 0 Å². The smallest absolute Gasteiger partial charge is 0.0449 e. The van der Waals surface area contributed by atoms with Crippen LogP contribution in [-0.2, 0) is 5.41 Å². The summed E-state index contributed by atoms with van der Waals surface area (Å²) in [6.07, 6.45) is 2.54. The molecule has 0 atom stereocenters. The Morgan fingerprint density at radius 2 is 1.52 bits per heavy atom. The summed E-state index contributed by atoms with van der Waals surface area (Å²) in [5, 5.41) is 0. The van der Waals surface area contributed by atoms with E-state index in [2.05, 4.69) is 71.4 Å². The second-order valence-electron chi connectivity index (χ2n) is 6.52. The molecule has 2 aromatic rings. The second-order valence-corrected chi connectivity index (χ2v) is 6.52. The highest BCUT2D eigenvalue weighted by Crippen LogP contribution is 2.49. The molecule has 0 aromatic heterocycles. The van der Waals surface area contributed by atoms with Gasteiger partial charge in [0, 0.05) is 23.3 Å². The third kappa shape index (κ3) is 2.06. The summed E-state index contributed by atoms with van der Waals surface area (Å²) < 4.78 is 0. The average Bonchev–Trinajstić information content (AvgIpc) is 2.87. The van der Waals surface area contributed by atoms with Crippen molar-refractivity contribution in [2.24, 2.45) is 0 Å². The van der Waals surface area contributed by atoms with E-state index in [1.807, 2.05) is 0 Å². The van der Waals surface area contributed by atoms with E-state index < -0.39 is 0 Å². The van der Waals surface area contributed by atoms with E-state index in [9.17, 15) is 0 Å². The zero-order valence-corrected chi connectivity index (χ0v) is 12.6. The standard InChI is InChI=1S/C19H22N2/c1-20-13-11-19(12-14-20)15-21(16-7-3-2-4-8-16)18-10-6-5-9-17(18)19/h2-10H,11-15H2,1H3. The number of para-hydroxylation sites is 2. The molecule has 0 N–H and O–H groups in total. The molecule has 1 spiro atoms. The fourth-order valence-corrected chi connectivity index (χ4v) is 3.94. The molecule has 0 radical (unpaired) electrons. The molecule has 2 heterocycles. The molecule has 0 amide bonds. The zero-order chi connectivity index (χ0) is 14.3. The molecule has 2 aromatic carbocycles. The average molecular weight is 278 g/mol. The predicted octanol–water partition coefficient (Wildman–Crippen LogP) is 3.80. The van der Waals surface area contributed by atoms with Crippen molar-refractivity contribution in [2.45, 2.75) is 18.3 Å². The summed E-state index contributed by atoms with van der Waals surface area (Å²) >= 11 is 0. The first-order chi connectivity index (χ1) is 10.3. The van der Waals surface area contributed by atoms with Crippen LogP contribution in [0.25, 0.3) is 0 Å². The SMILES string of the molecule is CN1CCC2(CC1)CN(c1ccccc1)c1ccccc12. The van der Waals surface area contributed by atoms with E-state index in [1.165, 1.54) is 37.3 Å². The van der Waals surface area contributed by atoms with Crippen molar-refractivity contribution >= 4 is 11.4 Å². The Morgan fingerprint density at radius 1 is 0.857 bits per heavy atom. The summed E-state index contributed by atoms with van der Waals surface area (Å²) in [6.45, 7) is 3.54. The minimum absolute atomic E-state index is 0.346. The molecule has 0 aliphatic carbocycles. The first kappa shape index (κ1) is 12.9. The number of hydrogen-bond donors (Lipinski definition) is 0. The monoisotopic (exact) mass is 278 g/mol. The summed E-state index contributed by atoms with van der Waals surface area (Å²) in [5.41, 5.74) is 4.63. The van der Waals surface area contributed by atoms with Crippen LogP contribution in [0.2, 0.25) is 0 Å². The number of anilines is 2. The van der Waals surface area contributed by atoms with E-state index >= 15 is 0 Å². The molecule has 2 nitrogen and oxygen atoms in total. The highest BCUT2D eigenvalue weighted by atomic mass is 15.2. The van der Waals surface area contributed by atoms with Crippen molar-refractivity contribution in [3.63, 3.8) is 0 Å². The molecule has 1 saturated heterocycles. The van der Waals surface area contributed by atoms with Gasteiger partial charge >= 0.3 is 0 Å². The quantitative estimate of drug-likeness (QED) is 0.783. The fraction of sp³-hybridized carbons (Fsp3) is 0.368. The lowest BCUT2D eigenvalue weighted by Gasteiger charge is -2.38. The largest absolute Gasteiger partial charge is 0.340 e.